The first-order chi connectivity index (χ1) is 8.06. The molecule has 86 valence electrons. The molecule has 0 radical (unpaired) electrons. The van der Waals surface area contributed by atoms with Crippen LogP contribution in [0, 0.1) is 5.82 Å². The van der Waals surface area contributed by atoms with Gasteiger partial charge in [0, 0.05) is 11.6 Å². The van der Waals surface area contributed by atoms with E-state index in [0.717, 1.165) is 6.07 Å². The summed E-state index contributed by atoms with van der Waals surface area (Å²) in [6.45, 7) is 0. The summed E-state index contributed by atoms with van der Waals surface area (Å²) >= 11 is 0. The third kappa shape index (κ3) is 2.36. The first kappa shape index (κ1) is 11.0. The van der Waals surface area contributed by atoms with Crippen LogP contribution in [-0.4, -0.2) is 21.0 Å². The predicted molar refractivity (Wildman–Crippen MR) is 58.8 cm³/mol. The number of nitrogen functional groups attached to an aromatic ring is 1. The maximum atomic E-state index is 12.7. The van der Waals surface area contributed by atoms with Gasteiger partial charge in [-0.05, 0) is 24.3 Å². The minimum Gasteiger partial charge on any atom is -0.477 e. The van der Waals surface area contributed by atoms with Gasteiger partial charge < -0.3 is 10.8 Å². The van der Waals surface area contributed by atoms with Crippen molar-refractivity contribution in [3.63, 3.8) is 0 Å². The molecule has 1 aromatic carbocycles. The van der Waals surface area contributed by atoms with E-state index < -0.39 is 11.8 Å². The summed E-state index contributed by atoms with van der Waals surface area (Å²) in [5.74, 6) is -1.38. The second-order valence-electron chi connectivity index (χ2n) is 3.31. The Balaban J connectivity index is 2.51. The number of carboxylic acids is 1. The minimum absolute atomic E-state index is 0.0525. The van der Waals surface area contributed by atoms with Gasteiger partial charge in [0.2, 0.25) is 0 Å². The Hall–Kier alpha value is -2.50. The normalized spacial score (nSPS) is 10.2. The molecule has 1 aromatic heterocycles. The van der Waals surface area contributed by atoms with Crippen molar-refractivity contribution in [2.45, 2.75) is 0 Å². The Kier molecular flexibility index (Phi) is 2.70. The Morgan fingerprint density at radius 3 is 2.47 bits per heavy atom. The third-order valence-corrected chi connectivity index (χ3v) is 2.07. The molecule has 0 aliphatic rings. The summed E-state index contributed by atoms with van der Waals surface area (Å²) in [5.41, 5.74) is 5.78. The highest BCUT2D eigenvalue weighted by Gasteiger charge is 2.10. The molecule has 0 aliphatic heterocycles. The lowest BCUT2D eigenvalue weighted by atomic mass is 10.2. The molecule has 0 aliphatic carbocycles. The quantitative estimate of drug-likeness (QED) is 0.821. The van der Waals surface area contributed by atoms with E-state index in [9.17, 15) is 9.18 Å². The molecule has 0 bridgehead atoms. The number of benzene rings is 1. The Bertz CT molecular complexity index is 569. The zero-order valence-corrected chi connectivity index (χ0v) is 8.59. The van der Waals surface area contributed by atoms with Crippen molar-refractivity contribution < 1.29 is 14.3 Å². The summed E-state index contributed by atoms with van der Waals surface area (Å²) in [6, 6.07) is 6.55. The standard InChI is InChI=1S/C11H8FN3O2/c12-7-3-1-6(2-4-7)10-14-8(11(16)17)5-9(13)15-10/h1-5H,(H,16,17)(H2,13,14,15). The Morgan fingerprint density at radius 2 is 1.88 bits per heavy atom. The van der Waals surface area contributed by atoms with E-state index in [0.29, 0.717) is 5.56 Å². The first-order valence-corrected chi connectivity index (χ1v) is 4.70. The number of aromatic carboxylic acids is 1. The van der Waals surface area contributed by atoms with Gasteiger partial charge in [-0.25, -0.2) is 19.2 Å². The summed E-state index contributed by atoms with van der Waals surface area (Å²) in [4.78, 5) is 18.5. The van der Waals surface area contributed by atoms with Gasteiger partial charge >= 0.3 is 5.97 Å². The molecule has 1 heterocycles. The molecule has 0 fully saturated rings. The highest BCUT2D eigenvalue weighted by molar-refractivity contribution is 5.86. The smallest absolute Gasteiger partial charge is 0.354 e. The van der Waals surface area contributed by atoms with E-state index in [1.807, 2.05) is 0 Å². The lowest BCUT2D eigenvalue weighted by Gasteiger charge is -2.03. The molecule has 0 saturated heterocycles. The number of carboxylic acid groups (broad SMARTS) is 1. The molecule has 2 aromatic rings. The van der Waals surface area contributed by atoms with Gasteiger partial charge in [0.25, 0.3) is 0 Å². The molecule has 0 amide bonds. The van der Waals surface area contributed by atoms with Gasteiger partial charge in [-0.1, -0.05) is 0 Å². The number of hydrogen-bond donors (Lipinski definition) is 2. The molecule has 5 nitrogen and oxygen atoms in total. The highest BCUT2D eigenvalue weighted by Crippen LogP contribution is 2.17. The lowest BCUT2D eigenvalue weighted by Crippen LogP contribution is -2.05. The number of nitrogens with zero attached hydrogens (tertiary/aromatic N) is 2. The molecule has 6 heteroatoms. The minimum atomic E-state index is -1.19. The fourth-order valence-corrected chi connectivity index (χ4v) is 1.30. The number of carbonyl (C=O) groups is 1. The summed E-state index contributed by atoms with van der Waals surface area (Å²) < 4.78 is 12.7. The molecule has 17 heavy (non-hydrogen) atoms. The maximum absolute atomic E-state index is 12.7. The molecule has 0 unspecified atom stereocenters. The zero-order chi connectivity index (χ0) is 12.4. The van der Waals surface area contributed by atoms with Crippen LogP contribution < -0.4 is 5.73 Å². The summed E-state index contributed by atoms with van der Waals surface area (Å²) in [7, 11) is 0. The lowest BCUT2D eigenvalue weighted by molar-refractivity contribution is 0.0690. The van der Waals surface area contributed by atoms with Crippen LogP contribution in [0.5, 0.6) is 0 Å². The van der Waals surface area contributed by atoms with Crippen LogP contribution in [0.2, 0.25) is 0 Å². The van der Waals surface area contributed by atoms with E-state index in [1.165, 1.54) is 24.3 Å². The number of aromatic nitrogens is 2. The van der Waals surface area contributed by atoms with Crippen LogP contribution in [-0.2, 0) is 0 Å². The number of rotatable bonds is 2. The molecule has 0 spiro atoms. The van der Waals surface area contributed by atoms with Crippen molar-refractivity contribution in [2.75, 3.05) is 5.73 Å². The Morgan fingerprint density at radius 1 is 1.24 bits per heavy atom. The van der Waals surface area contributed by atoms with Crippen molar-refractivity contribution >= 4 is 11.8 Å². The largest absolute Gasteiger partial charge is 0.477 e. The van der Waals surface area contributed by atoms with Crippen LogP contribution in [0.3, 0.4) is 0 Å². The topological polar surface area (TPSA) is 89.1 Å². The van der Waals surface area contributed by atoms with Gasteiger partial charge in [0.05, 0.1) is 0 Å². The van der Waals surface area contributed by atoms with E-state index in [-0.39, 0.29) is 17.3 Å². The number of nitrogens with two attached hydrogens (primary N) is 1. The van der Waals surface area contributed by atoms with Gasteiger partial charge in [-0.15, -0.1) is 0 Å². The van der Waals surface area contributed by atoms with Crippen LogP contribution in [0.15, 0.2) is 30.3 Å². The molecule has 0 saturated carbocycles. The molecule has 3 N–H and O–H groups in total. The number of halogens is 1. The fraction of sp³-hybridized carbons (Fsp3) is 0. The monoisotopic (exact) mass is 233 g/mol. The molecular formula is C11H8FN3O2. The summed E-state index contributed by atoms with van der Waals surface area (Å²) in [6.07, 6.45) is 0. The van der Waals surface area contributed by atoms with Crippen molar-refractivity contribution in [1.82, 2.24) is 9.97 Å². The summed E-state index contributed by atoms with van der Waals surface area (Å²) in [5, 5.41) is 8.82. The van der Waals surface area contributed by atoms with Crippen LogP contribution in [0.25, 0.3) is 11.4 Å². The van der Waals surface area contributed by atoms with Crippen LogP contribution >= 0.6 is 0 Å². The maximum Gasteiger partial charge on any atom is 0.354 e. The van der Waals surface area contributed by atoms with Crippen LogP contribution in [0.1, 0.15) is 10.5 Å². The van der Waals surface area contributed by atoms with E-state index in [1.54, 1.807) is 0 Å². The van der Waals surface area contributed by atoms with E-state index in [2.05, 4.69) is 9.97 Å². The van der Waals surface area contributed by atoms with Gasteiger partial charge in [0.15, 0.2) is 11.5 Å². The van der Waals surface area contributed by atoms with Crippen molar-refractivity contribution in [2.24, 2.45) is 0 Å². The second-order valence-corrected chi connectivity index (χ2v) is 3.31. The molecule has 2 rings (SSSR count). The SMILES string of the molecule is Nc1cc(C(=O)O)nc(-c2ccc(F)cc2)n1. The van der Waals surface area contributed by atoms with Crippen molar-refractivity contribution in [3.05, 3.63) is 41.8 Å². The predicted octanol–water partition coefficient (Wildman–Crippen LogP) is 1.56. The van der Waals surface area contributed by atoms with Crippen LogP contribution in [0.4, 0.5) is 10.2 Å². The van der Waals surface area contributed by atoms with Gasteiger partial charge in [-0.3, -0.25) is 0 Å². The molecular weight excluding hydrogens is 225 g/mol. The average Bonchev–Trinajstić information content (AvgIpc) is 2.29. The van der Waals surface area contributed by atoms with Crippen molar-refractivity contribution in [1.29, 1.82) is 0 Å². The number of hydrogen-bond acceptors (Lipinski definition) is 4. The number of anilines is 1. The zero-order valence-electron chi connectivity index (χ0n) is 8.59. The highest BCUT2D eigenvalue weighted by atomic mass is 19.1. The Labute approximate surface area is 95.8 Å². The fourth-order valence-electron chi connectivity index (χ4n) is 1.30. The molecule has 0 atom stereocenters. The average molecular weight is 233 g/mol. The van der Waals surface area contributed by atoms with Gasteiger partial charge in [0.1, 0.15) is 11.6 Å². The van der Waals surface area contributed by atoms with Gasteiger partial charge in [-0.2, -0.15) is 0 Å². The van der Waals surface area contributed by atoms with E-state index in [4.69, 9.17) is 10.8 Å². The van der Waals surface area contributed by atoms with E-state index >= 15 is 0 Å². The first-order valence-electron chi connectivity index (χ1n) is 4.70. The third-order valence-electron chi connectivity index (χ3n) is 2.07. The second kappa shape index (κ2) is 4.17. The van der Waals surface area contributed by atoms with Crippen molar-refractivity contribution in [3.8, 4) is 11.4 Å².